The van der Waals surface area contributed by atoms with E-state index in [1.807, 2.05) is 27.7 Å². The van der Waals surface area contributed by atoms with Gasteiger partial charge < -0.3 is 19.0 Å². The molecule has 1 unspecified atom stereocenters. The molecule has 9 atom stereocenters. The molecule has 0 spiro atoms. The standard InChI is InChI=1S/C46H64O4Si/c1-10-48-35(3)49-43(7,8)26-17-19-34(2)40-24-25-41-44(40,9)27-18-28-46(41,47)30-29-45-32-36(45)31-37(33-45)50-51(42(4,5)6,38-20-13-11-14-21-38)39-22-15-12-16-23-39/h11-16,20-23,34-37,40-41,47H,10,18-19,24-25,27-28,31-33H2,1-9H3/t34-,35?,36-,37+,40-,41+,44-,45-,46+/m1/s1. The van der Waals surface area contributed by atoms with Gasteiger partial charge in [-0.25, -0.2) is 0 Å². The van der Waals surface area contributed by atoms with Gasteiger partial charge in [-0.05, 0) is 118 Å². The Morgan fingerprint density at radius 3 is 2.16 bits per heavy atom. The average molecular weight is 709 g/mol. The van der Waals surface area contributed by atoms with Crippen LogP contribution < -0.4 is 10.4 Å². The van der Waals surface area contributed by atoms with Crippen molar-refractivity contribution < 1.29 is 19.0 Å². The Morgan fingerprint density at radius 1 is 0.902 bits per heavy atom. The van der Waals surface area contributed by atoms with Gasteiger partial charge in [-0.1, -0.05) is 119 Å². The van der Waals surface area contributed by atoms with Gasteiger partial charge in [0.2, 0.25) is 0 Å². The lowest BCUT2D eigenvalue weighted by Crippen LogP contribution is -2.67. The van der Waals surface area contributed by atoms with Crippen LogP contribution in [0.2, 0.25) is 5.04 Å². The molecule has 276 valence electrons. The molecule has 0 aliphatic heterocycles. The van der Waals surface area contributed by atoms with E-state index in [0.717, 1.165) is 57.8 Å². The average Bonchev–Trinajstić information content (AvgIpc) is 3.42. The molecule has 6 rings (SSSR count). The maximum absolute atomic E-state index is 12.4. The minimum Gasteiger partial charge on any atom is -0.404 e. The van der Waals surface area contributed by atoms with E-state index in [1.165, 1.54) is 10.4 Å². The van der Waals surface area contributed by atoms with Crippen LogP contribution in [-0.4, -0.2) is 43.6 Å². The highest BCUT2D eigenvalue weighted by atomic mass is 28.4. The third kappa shape index (κ3) is 7.54. The summed E-state index contributed by atoms with van der Waals surface area (Å²) >= 11 is 0. The van der Waals surface area contributed by atoms with Gasteiger partial charge >= 0.3 is 0 Å². The Balaban J connectivity index is 1.17. The van der Waals surface area contributed by atoms with Crippen molar-refractivity contribution in [2.45, 2.75) is 149 Å². The van der Waals surface area contributed by atoms with Gasteiger partial charge in [0.05, 0.1) is 0 Å². The van der Waals surface area contributed by atoms with E-state index in [4.69, 9.17) is 13.9 Å². The van der Waals surface area contributed by atoms with Crippen molar-refractivity contribution in [3.05, 3.63) is 60.7 Å². The Hall–Kier alpha value is -2.38. The molecule has 4 saturated carbocycles. The predicted molar refractivity (Wildman–Crippen MR) is 211 cm³/mol. The van der Waals surface area contributed by atoms with E-state index in [1.54, 1.807) is 0 Å². The zero-order valence-corrected chi connectivity index (χ0v) is 34.0. The third-order valence-corrected chi connectivity index (χ3v) is 18.4. The fourth-order valence-electron chi connectivity index (χ4n) is 10.9. The zero-order chi connectivity index (χ0) is 36.7. The second-order valence-corrected chi connectivity index (χ2v) is 22.6. The lowest BCUT2D eigenvalue weighted by atomic mass is 9.57. The van der Waals surface area contributed by atoms with Crippen molar-refractivity contribution in [3.8, 4) is 23.7 Å². The third-order valence-electron chi connectivity index (χ3n) is 13.3. The molecule has 0 saturated heterocycles. The van der Waals surface area contributed by atoms with Crippen LogP contribution in [0.15, 0.2) is 60.7 Å². The summed E-state index contributed by atoms with van der Waals surface area (Å²) in [5, 5.41) is 15.0. The summed E-state index contributed by atoms with van der Waals surface area (Å²) in [4.78, 5) is 0. The quantitative estimate of drug-likeness (QED) is 0.152. The van der Waals surface area contributed by atoms with E-state index >= 15 is 0 Å². The molecule has 0 aromatic heterocycles. The number of ether oxygens (including phenoxy) is 2. The molecule has 4 nitrogen and oxygen atoms in total. The summed E-state index contributed by atoms with van der Waals surface area (Å²) in [6.07, 6.45) is 9.05. The second-order valence-electron chi connectivity index (χ2n) is 18.3. The summed E-state index contributed by atoms with van der Waals surface area (Å²) < 4.78 is 19.2. The van der Waals surface area contributed by atoms with Gasteiger partial charge in [0.25, 0.3) is 8.32 Å². The van der Waals surface area contributed by atoms with Gasteiger partial charge in [-0.3, -0.25) is 0 Å². The van der Waals surface area contributed by atoms with Crippen molar-refractivity contribution in [2.24, 2.45) is 34.5 Å². The second kappa shape index (κ2) is 14.5. The molecule has 1 N–H and O–H groups in total. The smallest absolute Gasteiger partial charge is 0.261 e. The van der Waals surface area contributed by atoms with Crippen LogP contribution in [0.5, 0.6) is 0 Å². The maximum Gasteiger partial charge on any atom is 0.261 e. The first-order chi connectivity index (χ1) is 24.1. The maximum atomic E-state index is 12.4. The molecule has 0 radical (unpaired) electrons. The first kappa shape index (κ1) is 38.3. The molecular weight excluding hydrogens is 645 g/mol. The van der Waals surface area contributed by atoms with Crippen molar-refractivity contribution in [2.75, 3.05) is 6.61 Å². The van der Waals surface area contributed by atoms with E-state index in [-0.39, 0.29) is 34.2 Å². The van der Waals surface area contributed by atoms with Crippen molar-refractivity contribution >= 4 is 18.7 Å². The van der Waals surface area contributed by atoms with Gasteiger partial charge in [-0.2, -0.15) is 0 Å². The van der Waals surface area contributed by atoms with Crippen LogP contribution in [0.3, 0.4) is 0 Å². The highest BCUT2D eigenvalue weighted by Crippen LogP contribution is 2.65. The highest BCUT2D eigenvalue weighted by molar-refractivity contribution is 6.99. The molecule has 4 fully saturated rings. The fourth-order valence-corrected chi connectivity index (χ4v) is 15.6. The zero-order valence-electron chi connectivity index (χ0n) is 33.0. The summed E-state index contributed by atoms with van der Waals surface area (Å²) in [7, 11) is -2.62. The molecule has 5 heteroatoms. The topological polar surface area (TPSA) is 47.9 Å². The summed E-state index contributed by atoms with van der Waals surface area (Å²) in [6.45, 7) is 20.5. The number of hydrogen-bond donors (Lipinski definition) is 1. The molecule has 2 aromatic rings. The van der Waals surface area contributed by atoms with Crippen LogP contribution >= 0.6 is 0 Å². The normalized spacial score (nSPS) is 32.8. The first-order valence-electron chi connectivity index (χ1n) is 19.9. The van der Waals surface area contributed by atoms with Crippen LogP contribution in [0, 0.1) is 58.2 Å². The van der Waals surface area contributed by atoms with Gasteiger partial charge in [0, 0.05) is 30.5 Å². The van der Waals surface area contributed by atoms with Crippen LogP contribution in [0.25, 0.3) is 0 Å². The number of fused-ring (bicyclic) bond motifs is 2. The van der Waals surface area contributed by atoms with E-state index in [0.29, 0.717) is 24.4 Å². The predicted octanol–water partition coefficient (Wildman–Crippen LogP) is 8.89. The van der Waals surface area contributed by atoms with E-state index in [9.17, 15) is 5.11 Å². The van der Waals surface area contributed by atoms with Crippen LogP contribution in [-0.2, 0) is 13.9 Å². The monoisotopic (exact) mass is 708 g/mol. The molecule has 4 aliphatic carbocycles. The summed E-state index contributed by atoms with van der Waals surface area (Å²) in [5.41, 5.74) is -1.42. The van der Waals surface area contributed by atoms with Gasteiger partial charge in [-0.15, -0.1) is 0 Å². The Kier molecular flexibility index (Phi) is 10.9. The van der Waals surface area contributed by atoms with Crippen LogP contribution in [0.4, 0.5) is 0 Å². The molecule has 2 aromatic carbocycles. The fraction of sp³-hybridized carbons (Fsp3) is 0.652. The lowest BCUT2D eigenvalue weighted by Gasteiger charge is -2.49. The molecule has 4 aliphatic rings. The number of benzene rings is 2. The number of rotatable bonds is 10. The molecular formula is C46H64O4Si. The minimum absolute atomic E-state index is 0.0188. The lowest BCUT2D eigenvalue weighted by molar-refractivity contribution is -0.169. The summed E-state index contributed by atoms with van der Waals surface area (Å²) in [5.74, 6) is 16.1. The SMILES string of the molecule is CCOC(C)OC(C)(C)C#CC[C@@H](C)[C@H]1CC[C@H]2[C@]1(C)CCC[C@]2(O)C#C[C@@]12C[C@@H](O[Si](c3ccccc3)(c3ccccc3)C(C)(C)C)C[C@@H]1C2. The Bertz CT molecular complexity index is 1590. The van der Waals surface area contributed by atoms with Gasteiger partial charge in [0.15, 0.2) is 6.29 Å². The first-order valence-corrected chi connectivity index (χ1v) is 21.8. The number of hydrogen-bond acceptors (Lipinski definition) is 4. The van der Waals surface area contributed by atoms with Crippen LogP contribution in [0.1, 0.15) is 120 Å². The van der Waals surface area contributed by atoms with Gasteiger partial charge in [0.1, 0.15) is 11.2 Å². The largest absolute Gasteiger partial charge is 0.404 e. The Morgan fingerprint density at radius 2 is 1.55 bits per heavy atom. The highest BCUT2D eigenvalue weighted by Gasteiger charge is 2.63. The minimum atomic E-state index is -2.62. The molecule has 0 bridgehead atoms. The van der Waals surface area contributed by atoms with Crippen molar-refractivity contribution in [1.82, 2.24) is 0 Å². The van der Waals surface area contributed by atoms with E-state index < -0.39 is 19.5 Å². The molecule has 0 amide bonds. The summed E-state index contributed by atoms with van der Waals surface area (Å²) in [6, 6.07) is 22.0. The van der Waals surface area contributed by atoms with Crippen molar-refractivity contribution in [3.63, 3.8) is 0 Å². The molecule has 0 heterocycles. The molecule has 51 heavy (non-hydrogen) atoms. The Labute approximate surface area is 311 Å². The van der Waals surface area contributed by atoms with Crippen molar-refractivity contribution in [1.29, 1.82) is 0 Å². The van der Waals surface area contributed by atoms with E-state index in [2.05, 4.69) is 119 Å². The number of aliphatic hydroxyl groups is 1.